The van der Waals surface area contributed by atoms with Gasteiger partial charge in [0.1, 0.15) is 5.75 Å². The fourth-order valence-corrected chi connectivity index (χ4v) is 3.44. The molecule has 5 heteroatoms. The van der Waals surface area contributed by atoms with Crippen LogP contribution in [-0.2, 0) is 4.79 Å². The van der Waals surface area contributed by atoms with Crippen molar-refractivity contribution in [2.45, 2.75) is 20.3 Å². The number of hydrogen-bond acceptors (Lipinski definition) is 3. The Morgan fingerprint density at radius 1 is 1.08 bits per heavy atom. The first kappa shape index (κ1) is 16.7. The van der Waals surface area contributed by atoms with E-state index in [2.05, 4.69) is 15.9 Å². The molecular formula is C19H18BrNO3. The molecule has 1 heterocycles. The lowest BCUT2D eigenvalue weighted by Crippen LogP contribution is -2.31. The van der Waals surface area contributed by atoms with Gasteiger partial charge in [-0.25, -0.2) is 0 Å². The summed E-state index contributed by atoms with van der Waals surface area (Å²) in [5.74, 6) is -0.0830. The summed E-state index contributed by atoms with van der Waals surface area (Å²) in [6.45, 7) is 4.89. The monoisotopic (exact) mass is 387 g/mol. The van der Waals surface area contributed by atoms with Crippen LogP contribution in [0.1, 0.15) is 27.9 Å². The van der Waals surface area contributed by atoms with Crippen LogP contribution in [0.4, 0.5) is 5.69 Å². The van der Waals surface area contributed by atoms with Crippen molar-refractivity contribution in [1.82, 2.24) is 0 Å². The molecule has 2 aromatic rings. The van der Waals surface area contributed by atoms with Crippen LogP contribution in [0.5, 0.6) is 5.75 Å². The fraction of sp³-hybridized carbons (Fsp3) is 0.263. The van der Waals surface area contributed by atoms with Crippen molar-refractivity contribution in [2.75, 3.05) is 18.1 Å². The molecule has 4 nitrogen and oxygen atoms in total. The number of halogens is 1. The zero-order chi connectivity index (χ0) is 17.3. The van der Waals surface area contributed by atoms with Gasteiger partial charge >= 0.3 is 0 Å². The standard InChI is InChI=1S/C19H18BrNO3/c1-12-4-6-15(7-5-12)24-9-3-8-21-17-13(2)10-14(20)11-16(17)18(22)19(21)23/h4-7,10-11H,3,8-9H2,1-2H3. The van der Waals surface area contributed by atoms with Crippen molar-refractivity contribution in [3.63, 3.8) is 0 Å². The number of ketones is 1. The number of rotatable bonds is 5. The molecule has 0 radical (unpaired) electrons. The van der Waals surface area contributed by atoms with Crippen LogP contribution in [-0.4, -0.2) is 24.8 Å². The quantitative estimate of drug-likeness (QED) is 0.573. The Balaban J connectivity index is 1.65. The second-order valence-electron chi connectivity index (χ2n) is 5.92. The zero-order valence-corrected chi connectivity index (χ0v) is 15.2. The summed E-state index contributed by atoms with van der Waals surface area (Å²) in [5.41, 5.74) is 3.30. The van der Waals surface area contributed by atoms with E-state index in [1.54, 1.807) is 11.0 Å². The van der Waals surface area contributed by atoms with E-state index in [4.69, 9.17) is 4.74 Å². The molecule has 124 valence electrons. The number of aryl methyl sites for hydroxylation is 2. The van der Waals surface area contributed by atoms with Gasteiger partial charge in [-0.1, -0.05) is 33.6 Å². The van der Waals surface area contributed by atoms with E-state index >= 15 is 0 Å². The number of fused-ring (bicyclic) bond motifs is 1. The Morgan fingerprint density at radius 3 is 2.50 bits per heavy atom. The fourth-order valence-electron chi connectivity index (χ4n) is 2.87. The number of carbonyl (C=O) groups excluding carboxylic acids is 2. The zero-order valence-electron chi connectivity index (χ0n) is 13.6. The van der Waals surface area contributed by atoms with E-state index in [-0.39, 0.29) is 0 Å². The molecule has 1 aliphatic heterocycles. The second kappa shape index (κ2) is 6.77. The molecule has 1 amide bonds. The molecule has 0 aliphatic carbocycles. The lowest BCUT2D eigenvalue weighted by molar-refractivity contribution is -0.114. The predicted octanol–water partition coefficient (Wildman–Crippen LogP) is 4.06. The second-order valence-corrected chi connectivity index (χ2v) is 6.84. The number of Topliss-reactive ketones (excluding diaryl/α,β-unsaturated/α-hetero) is 1. The third kappa shape index (κ3) is 3.22. The number of benzene rings is 2. The molecular weight excluding hydrogens is 370 g/mol. The summed E-state index contributed by atoms with van der Waals surface area (Å²) in [6.07, 6.45) is 0.655. The lowest BCUT2D eigenvalue weighted by atomic mass is 10.1. The Hall–Kier alpha value is -2.14. The Kier molecular flexibility index (Phi) is 4.71. The van der Waals surface area contributed by atoms with E-state index in [1.165, 1.54) is 5.56 Å². The Labute approximate surface area is 149 Å². The van der Waals surface area contributed by atoms with Crippen molar-refractivity contribution >= 4 is 33.3 Å². The molecule has 0 saturated carbocycles. The highest BCUT2D eigenvalue weighted by Crippen LogP contribution is 2.35. The van der Waals surface area contributed by atoms with E-state index in [0.29, 0.717) is 25.1 Å². The van der Waals surface area contributed by atoms with E-state index < -0.39 is 11.7 Å². The molecule has 0 fully saturated rings. The normalized spacial score (nSPS) is 13.4. The van der Waals surface area contributed by atoms with E-state index in [1.807, 2.05) is 44.2 Å². The molecule has 0 unspecified atom stereocenters. The maximum atomic E-state index is 12.2. The number of anilines is 1. The molecule has 0 saturated heterocycles. The maximum Gasteiger partial charge on any atom is 0.299 e. The summed E-state index contributed by atoms with van der Waals surface area (Å²) in [5, 5.41) is 0. The smallest absolute Gasteiger partial charge is 0.299 e. The van der Waals surface area contributed by atoms with E-state index in [0.717, 1.165) is 21.5 Å². The number of ether oxygens (including phenoxy) is 1. The van der Waals surface area contributed by atoms with Gasteiger partial charge in [0.15, 0.2) is 0 Å². The Morgan fingerprint density at radius 2 is 1.79 bits per heavy atom. The highest BCUT2D eigenvalue weighted by molar-refractivity contribution is 9.10. The van der Waals surface area contributed by atoms with Crippen molar-refractivity contribution in [1.29, 1.82) is 0 Å². The first-order chi connectivity index (χ1) is 11.5. The van der Waals surface area contributed by atoms with Gasteiger partial charge in [-0.2, -0.15) is 0 Å². The van der Waals surface area contributed by atoms with Crippen LogP contribution in [0.15, 0.2) is 40.9 Å². The van der Waals surface area contributed by atoms with Crippen molar-refractivity contribution < 1.29 is 14.3 Å². The van der Waals surface area contributed by atoms with Gasteiger partial charge in [0.05, 0.1) is 17.9 Å². The SMILES string of the molecule is Cc1ccc(OCCCN2C(=O)C(=O)c3cc(Br)cc(C)c32)cc1. The average molecular weight is 388 g/mol. The summed E-state index contributed by atoms with van der Waals surface area (Å²) >= 11 is 3.38. The maximum absolute atomic E-state index is 12.2. The van der Waals surface area contributed by atoms with Crippen LogP contribution >= 0.6 is 15.9 Å². The minimum Gasteiger partial charge on any atom is -0.494 e. The summed E-state index contributed by atoms with van der Waals surface area (Å²) < 4.78 is 6.50. The minimum atomic E-state index is -0.457. The van der Waals surface area contributed by atoms with Crippen molar-refractivity contribution in [2.24, 2.45) is 0 Å². The van der Waals surface area contributed by atoms with Gasteiger partial charge < -0.3 is 9.64 Å². The third-order valence-electron chi connectivity index (χ3n) is 4.03. The van der Waals surface area contributed by atoms with Crippen LogP contribution in [0.2, 0.25) is 0 Å². The lowest BCUT2D eigenvalue weighted by Gasteiger charge is -2.18. The molecule has 0 bridgehead atoms. The highest BCUT2D eigenvalue weighted by atomic mass is 79.9. The number of carbonyl (C=O) groups is 2. The van der Waals surface area contributed by atoms with Crippen LogP contribution in [0.3, 0.4) is 0 Å². The average Bonchev–Trinajstić information content (AvgIpc) is 2.78. The largest absolute Gasteiger partial charge is 0.494 e. The number of hydrogen-bond donors (Lipinski definition) is 0. The number of amides is 1. The molecule has 3 rings (SSSR count). The first-order valence-corrected chi connectivity index (χ1v) is 8.62. The van der Waals surface area contributed by atoms with Gasteiger partial charge in [-0.3, -0.25) is 9.59 Å². The van der Waals surface area contributed by atoms with Crippen LogP contribution < -0.4 is 9.64 Å². The Bertz CT molecular complexity index is 799. The van der Waals surface area contributed by atoms with Gasteiger partial charge in [0.25, 0.3) is 11.7 Å². The first-order valence-electron chi connectivity index (χ1n) is 7.83. The summed E-state index contributed by atoms with van der Waals surface area (Å²) in [7, 11) is 0. The third-order valence-corrected chi connectivity index (χ3v) is 4.49. The molecule has 24 heavy (non-hydrogen) atoms. The predicted molar refractivity (Wildman–Crippen MR) is 96.9 cm³/mol. The topological polar surface area (TPSA) is 46.6 Å². The highest BCUT2D eigenvalue weighted by Gasteiger charge is 2.36. The van der Waals surface area contributed by atoms with Crippen LogP contribution in [0, 0.1) is 13.8 Å². The molecule has 0 spiro atoms. The number of nitrogens with zero attached hydrogens (tertiary/aromatic N) is 1. The molecule has 1 aliphatic rings. The minimum absolute atomic E-state index is 0.436. The van der Waals surface area contributed by atoms with E-state index in [9.17, 15) is 9.59 Å². The van der Waals surface area contributed by atoms with Crippen molar-refractivity contribution in [3.8, 4) is 5.75 Å². The van der Waals surface area contributed by atoms with Gasteiger partial charge in [0.2, 0.25) is 0 Å². The molecule has 0 N–H and O–H groups in total. The summed E-state index contributed by atoms with van der Waals surface area (Å²) in [6, 6.07) is 11.5. The van der Waals surface area contributed by atoms with Gasteiger partial charge in [-0.05, 0) is 50.1 Å². The van der Waals surface area contributed by atoms with Gasteiger partial charge in [0, 0.05) is 11.0 Å². The summed E-state index contributed by atoms with van der Waals surface area (Å²) in [4.78, 5) is 26.0. The molecule has 0 aromatic heterocycles. The van der Waals surface area contributed by atoms with Gasteiger partial charge in [-0.15, -0.1) is 0 Å². The van der Waals surface area contributed by atoms with Crippen molar-refractivity contribution in [3.05, 3.63) is 57.6 Å². The van der Waals surface area contributed by atoms with Crippen LogP contribution in [0.25, 0.3) is 0 Å². The molecule has 0 atom stereocenters. The molecule has 2 aromatic carbocycles.